The Kier molecular flexibility index (Phi) is 10.7. The third-order valence-corrected chi connectivity index (χ3v) is 9.32. The fraction of sp³-hybridized carbons (Fsp3) is 0.194. The summed E-state index contributed by atoms with van der Waals surface area (Å²) < 4.78 is 89.3. The molecular formula is C31H31BrF3N5O5S. The summed E-state index contributed by atoms with van der Waals surface area (Å²) in [5, 5.41) is 4.97. The van der Waals surface area contributed by atoms with Gasteiger partial charge in [0.2, 0.25) is 0 Å². The van der Waals surface area contributed by atoms with Crippen molar-refractivity contribution in [1.82, 2.24) is 5.12 Å². The highest BCUT2D eigenvalue weighted by atomic mass is 79.9. The lowest BCUT2D eigenvalue weighted by molar-refractivity contribution is -0.139. The van der Waals surface area contributed by atoms with Gasteiger partial charge in [-0.05, 0) is 87.7 Å². The molecule has 0 aromatic heterocycles. The maximum atomic E-state index is 14.6. The minimum absolute atomic E-state index is 0.00119. The molecule has 0 saturated carbocycles. The van der Waals surface area contributed by atoms with Gasteiger partial charge in [0.25, 0.3) is 10.0 Å². The van der Waals surface area contributed by atoms with Gasteiger partial charge in [-0.2, -0.15) is 13.2 Å². The Hall–Kier alpha value is -4.47. The number of alkyl halides is 3. The van der Waals surface area contributed by atoms with Crippen LogP contribution in [0.15, 0.2) is 99.4 Å². The molecule has 0 amide bonds. The smallest absolute Gasteiger partial charge is 0.417 e. The SMILES string of the molecule is COc1ccc(CN(N)/N=C(\N)c2c(Br)ccc(C(F)(F)F)c2S(=O)(=O)N(Cc2ccc(OC)cc2)c2ccc(OC)cc2)cc1. The van der Waals surface area contributed by atoms with Gasteiger partial charge in [0.15, 0.2) is 5.84 Å². The van der Waals surface area contributed by atoms with E-state index in [4.69, 9.17) is 25.8 Å². The summed E-state index contributed by atoms with van der Waals surface area (Å²) in [6, 6.07) is 20.9. The number of amidine groups is 1. The Morgan fingerprint density at radius 2 is 1.24 bits per heavy atom. The number of nitrogens with two attached hydrogens (primary N) is 2. The van der Waals surface area contributed by atoms with Gasteiger partial charge in [-0.3, -0.25) is 4.31 Å². The average Bonchev–Trinajstić information content (AvgIpc) is 3.03. The monoisotopic (exact) mass is 721 g/mol. The van der Waals surface area contributed by atoms with Crippen LogP contribution in [0.1, 0.15) is 22.3 Å². The number of ether oxygens (including phenoxy) is 3. The lowest BCUT2D eigenvalue weighted by Crippen LogP contribution is -2.35. The fourth-order valence-electron chi connectivity index (χ4n) is 4.50. The summed E-state index contributed by atoms with van der Waals surface area (Å²) in [4.78, 5) is -1.10. The molecule has 0 radical (unpaired) electrons. The zero-order valence-corrected chi connectivity index (χ0v) is 27.4. The maximum absolute atomic E-state index is 14.6. The van der Waals surface area contributed by atoms with Crippen molar-refractivity contribution in [1.29, 1.82) is 0 Å². The van der Waals surface area contributed by atoms with Gasteiger partial charge in [-0.25, -0.2) is 19.4 Å². The largest absolute Gasteiger partial charge is 0.497 e. The molecule has 0 spiro atoms. The fourth-order valence-corrected chi connectivity index (χ4v) is 7.04. The van der Waals surface area contributed by atoms with E-state index in [1.807, 2.05) is 0 Å². The average molecular weight is 723 g/mol. The first kappa shape index (κ1) is 34.4. The number of methoxy groups -OCH3 is 3. The van der Waals surface area contributed by atoms with E-state index >= 15 is 0 Å². The van der Waals surface area contributed by atoms with Crippen molar-refractivity contribution >= 4 is 37.5 Å². The predicted molar refractivity (Wildman–Crippen MR) is 172 cm³/mol. The molecule has 0 aliphatic carbocycles. The molecular weight excluding hydrogens is 691 g/mol. The first-order valence-corrected chi connectivity index (χ1v) is 15.7. The van der Waals surface area contributed by atoms with Crippen LogP contribution < -0.4 is 30.1 Å². The second-order valence-electron chi connectivity index (χ2n) is 9.79. The molecule has 0 bridgehead atoms. The summed E-state index contributed by atoms with van der Waals surface area (Å²) in [7, 11) is -0.604. The number of anilines is 1. The Balaban J connectivity index is 1.88. The van der Waals surface area contributed by atoms with Crippen LogP contribution in [0, 0.1) is 0 Å². The van der Waals surface area contributed by atoms with Crippen LogP contribution in [-0.2, 0) is 29.3 Å². The van der Waals surface area contributed by atoms with Crippen LogP contribution in [0.5, 0.6) is 17.2 Å². The van der Waals surface area contributed by atoms with Crippen molar-refractivity contribution in [3.63, 3.8) is 0 Å². The summed E-state index contributed by atoms with van der Waals surface area (Å²) in [5.74, 6) is 7.04. The first-order valence-electron chi connectivity index (χ1n) is 13.5. The van der Waals surface area contributed by atoms with E-state index in [-0.39, 0.29) is 23.2 Å². The van der Waals surface area contributed by atoms with Crippen LogP contribution in [0.4, 0.5) is 18.9 Å². The zero-order valence-electron chi connectivity index (χ0n) is 25.0. The first-order chi connectivity index (χ1) is 21.8. The lowest BCUT2D eigenvalue weighted by atomic mass is 10.1. The number of hydrazone groups is 1. The lowest BCUT2D eigenvalue weighted by Gasteiger charge is -2.28. The molecule has 4 rings (SSSR count). The number of nitrogens with zero attached hydrogens (tertiary/aromatic N) is 3. The van der Waals surface area contributed by atoms with Crippen molar-refractivity contribution < 1.29 is 35.8 Å². The second kappa shape index (κ2) is 14.3. The van der Waals surface area contributed by atoms with Crippen LogP contribution in [0.3, 0.4) is 0 Å². The van der Waals surface area contributed by atoms with Crippen molar-refractivity contribution in [2.45, 2.75) is 24.2 Å². The van der Waals surface area contributed by atoms with Crippen molar-refractivity contribution in [2.24, 2.45) is 16.7 Å². The van der Waals surface area contributed by atoms with E-state index < -0.39 is 38.1 Å². The van der Waals surface area contributed by atoms with Gasteiger partial charge in [0, 0.05) is 4.47 Å². The standard InChI is InChI=1S/C31H31BrF3N5O5S/c1-43-23-10-4-20(5-11-23)18-39(22-8-14-25(45-3)15-9-22)46(41,42)29-26(31(33,34)35)16-17-27(32)28(29)30(36)38-40(37)19-21-6-12-24(44-2)13-7-21/h4-17H,18-19,37H2,1-3H3,(H2,36,38). The number of halogens is 4. The molecule has 0 aliphatic rings. The number of hydrogen-bond acceptors (Lipinski definition) is 8. The highest BCUT2D eigenvalue weighted by Gasteiger charge is 2.42. The Morgan fingerprint density at radius 1 is 0.783 bits per heavy atom. The van der Waals surface area contributed by atoms with Gasteiger partial charge >= 0.3 is 6.18 Å². The van der Waals surface area contributed by atoms with Crippen LogP contribution in [0.25, 0.3) is 0 Å². The van der Waals surface area contributed by atoms with Crippen molar-refractivity contribution in [3.05, 3.63) is 112 Å². The molecule has 0 atom stereocenters. The molecule has 0 aliphatic heterocycles. The molecule has 15 heteroatoms. The van der Waals surface area contributed by atoms with E-state index in [1.165, 1.54) is 45.6 Å². The summed E-state index contributed by atoms with van der Waals surface area (Å²) in [6.07, 6.45) is -5.09. The highest BCUT2D eigenvalue weighted by molar-refractivity contribution is 9.10. The molecule has 0 unspecified atom stereocenters. The molecule has 4 aromatic rings. The van der Waals surface area contributed by atoms with E-state index in [2.05, 4.69) is 21.0 Å². The molecule has 10 nitrogen and oxygen atoms in total. The predicted octanol–water partition coefficient (Wildman–Crippen LogP) is 5.89. The molecule has 0 heterocycles. The van der Waals surface area contributed by atoms with Crippen molar-refractivity contribution in [2.75, 3.05) is 25.6 Å². The number of benzene rings is 4. The van der Waals surface area contributed by atoms with Crippen molar-refractivity contribution in [3.8, 4) is 17.2 Å². The normalized spacial score (nSPS) is 12.0. The van der Waals surface area contributed by atoms with E-state index in [9.17, 15) is 21.6 Å². The number of sulfonamides is 1. The Morgan fingerprint density at radius 3 is 1.70 bits per heavy atom. The number of hydrazine groups is 1. The third-order valence-electron chi connectivity index (χ3n) is 6.80. The van der Waals surface area contributed by atoms with E-state index in [1.54, 1.807) is 48.5 Å². The molecule has 46 heavy (non-hydrogen) atoms. The minimum Gasteiger partial charge on any atom is -0.497 e. The summed E-state index contributed by atoms with van der Waals surface area (Å²) in [6.45, 7) is -0.335. The second-order valence-corrected chi connectivity index (χ2v) is 12.4. The number of rotatable bonds is 12. The minimum atomic E-state index is -5.09. The van der Waals surface area contributed by atoms with E-state index in [0.717, 1.165) is 15.5 Å². The van der Waals surface area contributed by atoms with Gasteiger partial charge in [-0.1, -0.05) is 24.3 Å². The Labute approximate surface area is 273 Å². The zero-order chi connectivity index (χ0) is 33.6. The topological polar surface area (TPSA) is 133 Å². The molecule has 0 saturated heterocycles. The molecule has 244 valence electrons. The van der Waals surface area contributed by atoms with Gasteiger partial charge in [0.05, 0.1) is 51.2 Å². The molecule has 4 aromatic carbocycles. The van der Waals surface area contributed by atoms with Gasteiger partial charge in [-0.15, -0.1) is 5.10 Å². The van der Waals surface area contributed by atoms with Gasteiger partial charge < -0.3 is 19.9 Å². The van der Waals surface area contributed by atoms with E-state index in [0.29, 0.717) is 34.4 Å². The van der Waals surface area contributed by atoms with Crippen LogP contribution in [0.2, 0.25) is 0 Å². The maximum Gasteiger partial charge on any atom is 0.417 e. The van der Waals surface area contributed by atoms with Crippen LogP contribution in [-0.4, -0.2) is 40.7 Å². The molecule has 4 N–H and O–H groups in total. The molecule has 0 fully saturated rings. The van der Waals surface area contributed by atoms with Crippen LogP contribution >= 0.6 is 15.9 Å². The van der Waals surface area contributed by atoms with Gasteiger partial charge in [0.1, 0.15) is 22.1 Å². The summed E-state index contributed by atoms with van der Waals surface area (Å²) >= 11 is 3.21. The number of hydrogen-bond donors (Lipinski definition) is 2. The third kappa shape index (κ3) is 7.84. The quantitative estimate of drug-likeness (QED) is 0.0802. The summed E-state index contributed by atoms with van der Waals surface area (Å²) in [5.41, 5.74) is 5.55. The Bertz CT molecular complexity index is 1790. The highest BCUT2D eigenvalue weighted by Crippen LogP contribution is 2.41.